The third kappa shape index (κ3) is 7.56. The van der Waals surface area contributed by atoms with Crippen molar-refractivity contribution in [1.29, 1.82) is 0 Å². The Morgan fingerprint density at radius 3 is 2.44 bits per heavy atom. The highest BCUT2D eigenvalue weighted by molar-refractivity contribution is 6.35. The van der Waals surface area contributed by atoms with Crippen LogP contribution in [0.5, 0.6) is 0 Å². The maximum atomic E-state index is 13.0. The van der Waals surface area contributed by atoms with E-state index in [0.717, 1.165) is 5.56 Å². The van der Waals surface area contributed by atoms with Gasteiger partial charge in [0.1, 0.15) is 0 Å². The van der Waals surface area contributed by atoms with E-state index in [2.05, 4.69) is 10.3 Å². The number of nitrogens with two attached hydrogens (primary N) is 2. The van der Waals surface area contributed by atoms with Crippen LogP contribution in [-0.2, 0) is 4.84 Å². The van der Waals surface area contributed by atoms with Crippen LogP contribution < -0.4 is 11.5 Å². The van der Waals surface area contributed by atoms with E-state index in [-0.39, 0.29) is 30.8 Å². The number of hydrogen-bond donors (Lipinski definition) is 3. The van der Waals surface area contributed by atoms with E-state index < -0.39 is 0 Å². The summed E-state index contributed by atoms with van der Waals surface area (Å²) in [4.78, 5) is 19.7. The summed E-state index contributed by atoms with van der Waals surface area (Å²) in [6.07, 6.45) is 0.525. The molecule has 0 aliphatic heterocycles. The molecule has 1 amide bonds. The van der Waals surface area contributed by atoms with Crippen molar-refractivity contribution in [3.63, 3.8) is 0 Å². The van der Waals surface area contributed by atoms with Crippen molar-refractivity contribution >= 4 is 52.3 Å². The molecule has 2 rings (SSSR count). The first-order valence-electron chi connectivity index (χ1n) is 9.57. The Bertz CT molecular complexity index is 980. The molecular formula is C21H24Cl3N5O3. The van der Waals surface area contributed by atoms with E-state index in [9.17, 15) is 4.79 Å². The highest BCUT2D eigenvalue weighted by Crippen LogP contribution is 2.25. The van der Waals surface area contributed by atoms with Gasteiger partial charge in [0.25, 0.3) is 5.91 Å². The van der Waals surface area contributed by atoms with E-state index >= 15 is 0 Å². The monoisotopic (exact) mass is 499 g/mol. The number of rotatable bonds is 10. The van der Waals surface area contributed by atoms with E-state index in [4.69, 9.17) is 56.3 Å². The fourth-order valence-electron chi connectivity index (χ4n) is 3.04. The maximum absolute atomic E-state index is 13.0. The van der Waals surface area contributed by atoms with Gasteiger partial charge in [0.15, 0.2) is 12.4 Å². The van der Waals surface area contributed by atoms with Crippen molar-refractivity contribution in [2.75, 3.05) is 26.7 Å². The molecule has 0 radical (unpaired) electrons. The van der Waals surface area contributed by atoms with Crippen LogP contribution in [0.1, 0.15) is 28.3 Å². The molecule has 0 aromatic heterocycles. The van der Waals surface area contributed by atoms with Crippen LogP contribution in [0.15, 0.2) is 52.8 Å². The second kappa shape index (κ2) is 12.5. The summed E-state index contributed by atoms with van der Waals surface area (Å²) < 4.78 is 0. The lowest BCUT2D eigenvalue weighted by molar-refractivity contribution is 0.0812. The van der Waals surface area contributed by atoms with E-state index in [1.54, 1.807) is 25.2 Å². The summed E-state index contributed by atoms with van der Waals surface area (Å²) in [5, 5.41) is 17.0. The highest BCUT2D eigenvalue weighted by Gasteiger charge is 2.23. The SMILES string of the molecule is CN(C/C(=N\OC/C(N)=N/O)C(CCN)c1cccc(Cl)c1)C(=O)c1cc(Cl)cc(Cl)c1. The van der Waals surface area contributed by atoms with Crippen LogP contribution in [0, 0.1) is 0 Å². The summed E-state index contributed by atoms with van der Waals surface area (Å²) in [5.41, 5.74) is 13.0. The molecule has 2 aromatic rings. The van der Waals surface area contributed by atoms with Gasteiger partial charge in [-0.05, 0) is 48.9 Å². The van der Waals surface area contributed by atoms with E-state index in [1.807, 2.05) is 12.1 Å². The van der Waals surface area contributed by atoms with Crippen molar-refractivity contribution in [2.45, 2.75) is 12.3 Å². The standard InChI is InChI=1S/C21H24Cl3N5O3/c1-29(21(30)14-8-16(23)10-17(24)9-14)11-19(28-32-12-20(26)27-31)18(5-6-25)13-3-2-4-15(22)7-13/h2-4,7-10,18,31H,5-6,11-12,25H2,1H3,(H2,26,27)/b28-19+. The zero-order chi connectivity index (χ0) is 23.7. The van der Waals surface area contributed by atoms with Gasteiger partial charge in [0.2, 0.25) is 0 Å². The first-order chi connectivity index (χ1) is 15.2. The predicted octanol–water partition coefficient (Wildman–Crippen LogP) is 3.97. The van der Waals surface area contributed by atoms with Crippen LogP contribution in [0.2, 0.25) is 15.1 Å². The van der Waals surface area contributed by atoms with Gasteiger partial charge in [-0.25, -0.2) is 0 Å². The van der Waals surface area contributed by atoms with Gasteiger partial charge in [-0.15, -0.1) is 0 Å². The lowest BCUT2D eigenvalue weighted by Gasteiger charge is -2.24. The Hall–Kier alpha value is -2.52. The quantitative estimate of drug-likeness (QED) is 0.197. The fraction of sp³-hybridized carbons (Fsp3) is 0.286. The Morgan fingerprint density at radius 2 is 1.84 bits per heavy atom. The van der Waals surface area contributed by atoms with Crippen LogP contribution in [0.3, 0.4) is 0 Å². The average Bonchev–Trinajstić information content (AvgIpc) is 2.75. The molecule has 1 atom stereocenters. The first-order valence-corrected chi connectivity index (χ1v) is 10.7. The van der Waals surface area contributed by atoms with Gasteiger partial charge >= 0.3 is 0 Å². The van der Waals surface area contributed by atoms with E-state index in [1.165, 1.54) is 17.0 Å². The van der Waals surface area contributed by atoms with Gasteiger partial charge in [-0.1, -0.05) is 57.2 Å². The maximum Gasteiger partial charge on any atom is 0.254 e. The van der Waals surface area contributed by atoms with Crippen molar-refractivity contribution in [2.24, 2.45) is 21.8 Å². The molecule has 0 fully saturated rings. The smallest absolute Gasteiger partial charge is 0.254 e. The Balaban J connectivity index is 2.36. The average molecular weight is 501 g/mol. The van der Waals surface area contributed by atoms with E-state index in [0.29, 0.717) is 39.3 Å². The molecule has 0 aliphatic carbocycles. The predicted molar refractivity (Wildman–Crippen MR) is 128 cm³/mol. The Kier molecular flexibility index (Phi) is 10.1. The molecule has 8 nitrogen and oxygen atoms in total. The molecule has 11 heteroatoms. The van der Waals surface area contributed by atoms with Crippen molar-refractivity contribution in [1.82, 2.24) is 4.90 Å². The summed E-state index contributed by atoms with van der Waals surface area (Å²) in [7, 11) is 1.62. The molecule has 172 valence electrons. The lowest BCUT2D eigenvalue weighted by Crippen LogP contribution is -2.35. The van der Waals surface area contributed by atoms with Gasteiger partial charge in [0.05, 0.1) is 12.3 Å². The molecule has 0 aliphatic rings. The van der Waals surface area contributed by atoms with Crippen molar-refractivity contribution < 1.29 is 14.8 Å². The van der Waals surface area contributed by atoms with Gasteiger partial charge in [-0.2, -0.15) is 0 Å². The molecule has 0 spiro atoms. The zero-order valence-electron chi connectivity index (χ0n) is 17.3. The fourth-order valence-corrected chi connectivity index (χ4v) is 3.77. The molecular weight excluding hydrogens is 477 g/mol. The number of benzene rings is 2. The number of oxime groups is 2. The number of nitrogens with zero attached hydrogens (tertiary/aromatic N) is 3. The minimum absolute atomic E-state index is 0.107. The molecule has 0 bridgehead atoms. The van der Waals surface area contributed by atoms with Gasteiger partial charge < -0.3 is 26.4 Å². The highest BCUT2D eigenvalue weighted by atomic mass is 35.5. The van der Waals surface area contributed by atoms with Crippen molar-refractivity contribution in [3.8, 4) is 0 Å². The van der Waals surface area contributed by atoms with Crippen molar-refractivity contribution in [3.05, 3.63) is 68.7 Å². The zero-order valence-corrected chi connectivity index (χ0v) is 19.6. The molecule has 0 saturated heterocycles. The second-order valence-corrected chi connectivity index (χ2v) is 8.26. The normalized spacial score (nSPS) is 13.0. The third-order valence-corrected chi connectivity index (χ3v) is 5.16. The minimum Gasteiger partial charge on any atom is -0.409 e. The summed E-state index contributed by atoms with van der Waals surface area (Å²) in [5.74, 6) is -0.746. The number of amides is 1. The van der Waals surface area contributed by atoms with Crippen LogP contribution in [0.4, 0.5) is 0 Å². The largest absolute Gasteiger partial charge is 0.409 e. The number of carbonyl (C=O) groups is 1. The summed E-state index contributed by atoms with van der Waals surface area (Å²) in [6, 6.07) is 11.9. The Morgan fingerprint density at radius 1 is 1.16 bits per heavy atom. The summed E-state index contributed by atoms with van der Waals surface area (Å²) in [6.45, 7) is 0.237. The minimum atomic E-state index is -0.309. The first kappa shape index (κ1) is 25.7. The number of amidine groups is 1. The summed E-state index contributed by atoms with van der Waals surface area (Å²) >= 11 is 18.2. The Labute approximate surface area is 201 Å². The number of halogens is 3. The molecule has 2 aromatic carbocycles. The third-order valence-electron chi connectivity index (χ3n) is 4.49. The lowest BCUT2D eigenvalue weighted by atomic mass is 9.90. The molecule has 0 saturated carbocycles. The number of hydrogen-bond acceptors (Lipinski definition) is 6. The van der Waals surface area contributed by atoms with Crippen LogP contribution >= 0.6 is 34.8 Å². The van der Waals surface area contributed by atoms with Gasteiger partial charge in [0, 0.05) is 33.6 Å². The topological polar surface area (TPSA) is 127 Å². The second-order valence-electron chi connectivity index (χ2n) is 6.95. The van der Waals surface area contributed by atoms with Crippen LogP contribution in [-0.4, -0.2) is 54.3 Å². The molecule has 32 heavy (non-hydrogen) atoms. The number of carbonyl (C=O) groups excluding carboxylic acids is 1. The van der Waals surface area contributed by atoms with Gasteiger partial charge in [-0.3, -0.25) is 4.79 Å². The molecule has 1 unspecified atom stereocenters. The van der Waals surface area contributed by atoms with Crippen LogP contribution in [0.25, 0.3) is 0 Å². The molecule has 5 N–H and O–H groups in total. The molecule has 0 heterocycles.